The third kappa shape index (κ3) is 4.46. The molecule has 9 nitrogen and oxygen atoms in total. The highest BCUT2D eigenvalue weighted by atomic mass is 35.5. The third-order valence-electron chi connectivity index (χ3n) is 4.44. The fourth-order valence-corrected chi connectivity index (χ4v) is 3.20. The monoisotopic (exact) mass is 433 g/mol. The quantitative estimate of drug-likeness (QED) is 0.672. The van der Waals surface area contributed by atoms with Gasteiger partial charge in [0, 0.05) is 5.02 Å². The van der Waals surface area contributed by atoms with Crippen molar-refractivity contribution in [2.45, 2.75) is 26.8 Å². The molecule has 2 aromatic rings. The summed E-state index contributed by atoms with van der Waals surface area (Å²) in [5.74, 6) is -1.02. The fraction of sp³-hybridized carbons (Fsp3) is 0.300. The zero-order chi connectivity index (χ0) is 21.8. The SMILES string of the molecule is CCOC(=O)C1=C(COC(=O)c2c(C)noc2C)NC(=O)N[C@H]1c1ccc(Cl)cc1. The molecule has 3 rings (SSSR count). The van der Waals surface area contributed by atoms with Crippen LogP contribution in [0.4, 0.5) is 4.79 Å². The molecule has 10 heteroatoms. The van der Waals surface area contributed by atoms with E-state index in [0.717, 1.165) is 0 Å². The number of halogens is 1. The summed E-state index contributed by atoms with van der Waals surface area (Å²) >= 11 is 5.94. The van der Waals surface area contributed by atoms with Crippen molar-refractivity contribution >= 4 is 29.6 Å². The van der Waals surface area contributed by atoms with E-state index >= 15 is 0 Å². The summed E-state index contributed by atoms with van der Waals surface area (Å²) in [6.07, 6.45) is 0. The minimum atomic E-state index is -0.803. The van der Waals surface area contributed by atoms with Gasteiger partial charge in [-0.3, -0.25) is 0 Å². The van der Waals surface area contributed by atoms with Gasteiger partial charge in [0.25, 0.3) is 0 Å². The average Bonchev–Trinajstić information content (AvgIpc) is 3.04. The molecule has 2 N–H and O–H groups in total. The summed E-state index contributed by atoms with van der Waals surface area (Å²) < 4.78 is 15.5. The number of amides is 2. The topological polar surface area (TPSA) is 120 Å². The maximum atomic E-state index is 12.7. The molecule has 0 radical (unpaired) electrons. The van der Waals surface area contributed by atoms with E-state index in [2.05, 4.69) is 15.8 Å². The van der Waals surface area contributed by atoms with Crippen molar-refractivity contribution in [2.24, 2.45) is 0 Å². The number of nitrogens with zero attached hydrogens (tertiary/aromatic N) is 1. The Morgan fingerprint density at radius 1 is 1.17 bits per heavy atom. The number of urea groups is 1. The van der Waals surface area contributed by atoms with E-state index in [1.165, 1.54) is 0 Å². The van der Waals surface area contributed by atoms with Gasteiger partial charge >= 0.3 is 18.0 Å². The lowest BCUT2D eigenvalue weighted by Gasteiger charge is -2.29. The van der Waals surface area contributed by atoms with Crippen LogP contribution in [0.2, 0.25) is 5.02 Å². The zero-order valence-electron chi connectivity index (χ0n) is 16.6. The van der Waals surface area contributed by atoms with E-state index < -0.39 is 24.0 Å². The molecule has 0 spiro atoms. The van der Waals surface area contributed by atoms with E-state index in [1.54, 1.807) is 45.0 Å². The van der Waals surface area contributed by atoms with Crippen LogP contribution in [-0.4, -0.2) is 36.3 Å². The number of aryl methyl sites for hydroxylation is 2. The van der Waals surface area contributed by atoms with Gasteiger partial charge in [0.15, 0.2) is 0 Å². The predicted octanol–water partition coefficient (Wildman–Crippen LogP) is 2.97. The fourth-order valence-electron chi connectivity index (χ4n) is 3.07. The van der Waals surface area contributed by atoms with E-state index in [1.807, 2.05) is 0 Å². The summed E-state index contributed by atoms with van der Waals surface area (Å²) in [5, 5.41) is 9.45. The Hall–Kier alpha value is -3.33. The molecule has 0 saturated heterocycles. The van der Waals surface area contributed by atoms with Gasteiger partial charge in [-0.25, -0.2) is 14.4 Å². The molecule has 0 unspecified atom stereocenters. The number of hydrogen-bond donors (Lipinski definition) is 2. The molecule has 0 fully saturated rings. The molecule has 158 valence electrons. The molecule has 1 aliphatic rings. The number of ether oxygens (including phenoxy) is 2. The summed E-state index contributed by atoms with van der Waals surface area (Å²) in [7, 11) is 0. The van der Waals surface area contributed by atoms with Gasteiger partial charge in [-0.05, 0) is 38.5 Å². The first-order valence-electron chi connectivity index (χ1n) is 9.15. The van der Waals surface area contributed by atoms with E-state index in [-0.39, 0.29) is 30.0 Å². The molecular weight excluding hydrogens is 414 g/mol. The van der Waals surface area contributed by atoms with Crippen LogP contribution in [0.5, 0.6) is 0 Å². The van der Waals surface area contributed by atoms with Crippen LogP contribution in [0.3, 0.4) is 0 Å². The lowest BCUT2D eigenvalue weighted by Crippen LogP contribution is -2.47. The van der Waals surface area contributed by atoms with Crippen LogP contribution < -0.4 is 10.6 Å². The zero-order valence-corrected chi connectivity index (χ0v) is 17.3. The van der Waals surface area contributed by atoms with Crippen molar-refractivity contribution in [1.29, 1.82) is 0 Å². The van der Waals surface area contributed by atoms with Crippen LogP contribution in [-0.2, 0) is 14.3 Å². The van der Waals surface area contributed by atoms with Crippen LogP contribution in [0.25, 0.3) is 0 Å². The van der Waals surface area contributed by atoms with Gasteiger partial charge < -0.3 is 24.6 Å². The molecule has 30 heavy (non-hydrogen) atoms. The van der Waals surface area contributed by atoms with E-state index in [0.29, 0.717) is 22.0 Å². The molecule has 1 aromatic heterocycles. The number of aromatic nitrogens is 1. The maximum Gasteiger partial charge on any atom is 0.344 e. The second-order valence-electron chi connectivity index (χ2n) is 6.47. The van der Waals surface area contributed by atoms with Crippen molar-refractivity contribution in [2.75, 3.05) is 13.2 Å². The Kier molecular flexibility index (Phi) is 6.41. The molecular formula is C20H20ClN3O6. The van der Waals surface area contributed by atoms with Crippen molar-refractivity contribution in [3.05, 3.63) is 63.1 Å². The average molecular weight is 434 g/mol. The van der Waals surface area contributed by atoms with Crippen molar-refractivity contribution in [3.8, 4) is 0 Å². The summed E-state index contributed by atoms with van der Waals surface area (Å²) in [6.45, 7) is 4.65. The van der Waals surface area contributed by atoms with Crippen molar-refractivity contribution in [1.82, 2.24) is 15.8 Å². The molecule has 1 aliphatic heterocycles. The number of esters is 2. The normalized spacial score (nSPS) is 16.0. The van der Waals surface area contributed by atoms with Crippen LogP contribution >= 0.6 is 11.6 Å². The second-order valence-corrected chi connectivity index (χ2v) is 6.91. The standard InChI is InChI=1S/C20H20ClN3O6/c1-4-28-19(26)16-14(9-29-18(25)15-10(2)24-30-11(15)3)22-20(27)23-17(16)12-5-7-13(21)8-6-12/h5-8,17H,4,9H2,1-3H3,(H2,22,23,27)/t17-/m0/s1. The van der Waals surface area contributed by atoms with E-state index in [4.69, 9.17) is 25.6 Å². The second kappa shape index (κ2) is 9.00. The minimum absolute atomic E-state index is 0.122. The molecule has 0 aliphatic carbocycles. The van der Waals surface area contributed by atoms with Gasteiger partial charge in [-0.1, -0.05) is 28.9 Å². The Morgan fingerprint density at radius 3 is 2.47 bits per heavy atom. The lowest BCUT2D eigenvalue weighted by atomic mass is 9.95. The Bertz CT molecular complexity index is 993. The number of hydrogen-bond acceptors (Lipinski definition) is 7. The molecule has 2 amide bonds. The van der Waals surface area contributed by atoms with Crippen LogP contribution in [0.1, 0.15) is 40.3 Å². The van der Waals surface area contributed by atoms with Gasteiger partial charge in [-0.15, -0.1) is 0 Å². The first-order valence-corrected chi connectivity index (χ1v) is 9.52. The number of carbonyl (C=O) groups excluding carboxylic acids is 3. The van der Waals surface area contributed by atoms with Gasteiger partial charge in [-0.2, -0.15) is 0 Å². The third-order valence-corrected chi connectivity index (χ3v) is 4.69. The lowest BCUT2D eigenvalue weighted by molar-refractivity contribution is -0.139. The summed E-state index contributed by atoms with van der Waals surface area (Å²) in [5.41, 5.74) is 1.45. The number of carbonyl (C=O) groups is 3. The Morgan fingerprint density at radius 2 is 1.87 bits per heavy atom. The van der Waals surface area contributed by atoms with E-state index in [9.17, 15) is 14.4 Å². The van der Waals surface area contributed by atoms with Crippen molar-refractivity contribution < 1.29 is 28.4 Å². The molecule has 2 heterocycles. The number of nitrogens with one attached hydrogen (secondary N) is 2. The first kappa shape index (κ1) is 21.4. The van der Waals surface area contributed by atoms with Gasteiger partial charge in [0.1, 0.15) is 17.9 Å². The Labute approximate surface area is 177 Å². The first-order chi connectivity index (χ1) is 14.3. The van der Waals surface area contributed by atoms with Gasteiger partial charge in [0.05, 0.1) is 29.6 Å². The minimum Gasteiger partial charge on any atom is -0.463 e. The molecule has 0 bridgehead atoms. The Balaban J connectivity index is 1.94. The molecule has 0 saturated carbocycles. The smallest absolute Gasteiger partial charge is 0.344 e. The highest BCUT2D eigenvalue weighted by Gasteiger charge is 2.34. The largest absolute Gasteiger partial charge is 0.463 e. The predicted molar refractivity (Wildman–Crippen MR) is 106 cm³/mol. The molecule has 1 atom stereocenters. The summed E-state index contributed by atoms with van der Waals surface area (Å²) in [4.78, 5) is 37.4. The van der Waals surface area contributed by atoms with Crippen LogP contribution in [0, 0.1) is 13.8 Å². The summed E-state index contributed by atoms with van der Waals surface area (Å²) in [6, 6.07) is 5.31. The van der Waals surface area contributed by atoms with Crippen LogP contribution in [0.15, 0.2) is 40.1 Å². The van der Waals surface area contributed by atoms with Gasteiger partial charge in [0.2, 0.25) is 0 Å². The highest BCUT2D eigenvalue weighted by Crippen LogP contribution is 2.29. The van der Waals surface area contributed by atoms with Crippen molar-refractivity contribution in [3.63, 3.8) is 0 Å². The highest BCUT2D eigenvalue weighted by molar-refractivity contribution is 6.30. The molecule has 1 aromatic carbocycles. The maximum absolute atomic E-state index is 12.7. The number of rotatable bonds is 6. The number of benzene rings is 1.